The zero-order valence-electron chi connectivity index (χ0n) is 6.99. The highest BCUT2D eigenvalue weighted by Crippen LogP contribution is 2.37. The van der Waals surface area contributed by atoms with Crippen molar-refractivity contribution < 1.29 is 9.53 Å². The van der Waals surface area contributed by atoms with Gasteiger partial charge in [0.15, 0.2) is 0 Å². The molecule has 0 bridgehead atoms. The van der Waals surface area contributed by atoms with E-state index in [-0.39, 0.29) is 5.97 Å². The van der Waals surface area contributed by atoms with Gasteiger partial charge in [-0.25, -0.2) is 4.79 Å². The van der Waals surface area contributed by atoms with Crippen molar-refractivity contribution in [1.29, 1.82) is 0 Å². The Balaban J connectivity index is 2.15. The number of thioether (sulfide) groups is 2. The van der Waals surface area contributed by atoms with Gasteiger partial charge in [0.1, 0.15) is 6.61 Å². The molecule has 1 fully saturated rings. The van der Waals surface area contributed by atoms with E-state index in [1.807, 2.05) is 23.5 Å². The first-order chi connectivity index (χ1) is 5.72. The third kappa shape index (κ3) is 3.11. The Morgan fingerprint density at radius 2 is 2.58 bits per heavy atom. The monoisotopic (exact) mass is 204 g/mol. The van der Waals surface area contributed by atoms with Crippen LogP contribution in [0.3, 0.4) is 0 Å². The Kier molecular flexibility index (Phi) is 4.01. The van der Waals surface area contributed by atoms with Gasteiger partial charge in [0, 0.05) is 17.1 Å². The predicted molar refractivity (Wildman–Crippen MR) is 54.5 cm³/mol. The molecule has 1 aliphatic rings. The van der Waals surface area contributed by atoms with E-state index in [0.717, 1.165) is 5.75 Å². The van der Waals surface area contributed by atoms with Crippen LogP contribution in [0.1, 0.15) is 6.92 Å². The average Bonchev–Trinajstić information content (AvgIpc) is 2.47. The minimum atomic E-state index is -0.323. The average molecular weight is 204 g/mol. The molecule has 0 N–H and O–H groups in total. The molecule has 1 aliphatic heterocycles. The molecule has 0 aromatic rings. The summed E-state index contributed by atoms with van der Waals surface area (Å²) in [5, 5.41) is 0.683. The van der Waals surface area contributed by atoms with Crippen LogP contribution in [0.15, 0.2) is 12.7 Å². The lowest BCUT2D eigenvalue weighted by Crippen LogP contribution is -2.09. The summed E-state index contributed by atoms with van der Waals surface area (Å²) in [7, 11) is 0. The summed E-state index contributed by atoms with van der Waals surface area (Å²) in [5.41, 5.74) is 0. The van der Waals surface area contributed by atoms with Gasteiger partial charge >= 0.3 is 5.97 Å². The van der Waals surface area contributed by atoms with Gasteiger partial charge in [-0.3, -0.25) is 0 Å². The van der Waals surface area contributed by atoms with Gasteiger partial charge < -0.3 is 4.74 Å². The lowest BCUT2D eigenvalue weighted by molar-refractivity contribution is -0.137. The lowest BCUT2D eigenvalue weighted by Gasteiger charge is -2.07. The topological polar surface area (TPSA) is 26.3 Å². The van der Waals surface area contributed by atoms with Gasteiger partial charge in [-0.15, -0.1) is 23.5 Å². The Morgan fingerprint density at radius 1 is 1.83 bits per heavy atom. The molecule has 0 spiro atoms. The highest BCUT2D eigenvalue weighted by atomic mass is 32.2. The number of carbonyl (C=O) groups is 1. The van der Waals surface area contributed by atoms with Crippen molar-refractivity contribution in [1.82, 2.24) is 0 Å². The summed E-state index contributed by atoms with van der Waals surface area (Å²) in [4.78, 5) is 10.7. The van der Waals surface area contributed by atoms with Crippen molar-refractivity contribution in [3.05, 3.63) is 12.7 Å². The van der Waals surface area contributed by atoms with Crippen molar-refractivity contribution >= 4 is 29.5 Å². The first kappa shape index (κ1) is 9.99. The van der Waals surface area contributed by atoms with Crippen LogP contribution in [0, 0.1) is 0 Å². The van der Waals surface area contributed by atoms with E-state index in [4.69, 9.17) is 4.74 Å². The smallest absolute Gasteiger partial charge is 0.330 e. The lowest BCUT2D eigenvalue weighted by atomic mass is 10.6. The molecule has 1 heterocycles. The molecule has 0 radical (unpaired) electrons. The van der Waals surface area contributed by atoms with E-state index < -0.39 is 0 Å². The van der Waals surface area contributed by atoms with E-state index in [1.54, 1.807) is 0 Å². The first-order valence-corrected chi connectivity index (χ1v) is 5.78. The standard InChI is InChI=1S/C8H12O2S2/c1-3-7(9)10-4-8-11-5-6(2)12-8/h3,6,8H,1,4-5H2,2H3. The minimum absolute atomic E-state index is 0.323. The number of esters is 1. The third-order valence-corrected chi connectivity index (χ3v) is 4.65. The van der Waals surface area contributed by atoms with E-state index >= 15 is 0 Å². The molecule has 1 rings (SSSR count). The van der Waals surface area contributed by atoms with Gasteiger partial charge in [0.2, 0.25) is 0 Å². The molecule has 2 atom stereocenters. The summed E-state index contributed by atoms with van der Waals surface area (Å²) < 4.78 is 5.35. The van der Waals surface area contributed by atoms with Crippen molar-refractivity contribution in [3.8, 4) is 0 Å². The second-order valence-electron chi connectivity index (χ2n) is 2.54. The Bertz CT molecular complexity index is 182. The zero-order chi connectivity index (χ0) is 8.97. The fraction of sp³-hybridized carbons (Fsp3) is 0.625. The number of carbonyl (C=O) groups excluding carboxylic acids is 1. The highest BCUT2D eigenvalue weighted by molar-refractivity contribution is 8.20. The molecule has 0 saturated carbocycles. The van der Waals surface area contributed by atoms with Crippen LogP contribution >= 0.6 is 23.5 Å². The predicted octanol–water partition coefficient (Wildman–Crippen LogP) is 1.91. The van der Waals surface area contributed by atoms with Crippen molar-refractivity contribution in [2.75, 3.05) is 12.4 Å². The SMILES string of the molecule is C=CC(=O)OCC1SCC(C)S1. The van der Waals surface area contributed by atoms with E-state index in [0.29, 0.717) is 16.4 Å². The molecular weight excluding hydrogens is 192 g/mol. The highest BCUT2D eigenvalue weighted by Gasteiger charge is 2.23. The van der Waals surface area contributed by atoms with Crippen LogP contribution in [0.5, 0.6) is 0 Å². The van der Waals surface area contributed by atoms with Crippen LogP contribution in [0.2, 0.25) is 0 Å². The molecule has 68 valence electrons. The van der Waals surface area contributed by atoms with Crippen LogP contribution < -0.4 is 0 Å². The Hall–Kier alpha value is -0.0900. The third-order valence-electron chi connectivity index (χ3n) is 1.43. The molecule has 1 saturated heterocycles. The van der Waals surface area contributed by atoms with Crippen LogP contribution in [-0.4, -0.2) is 28.2 Å². The molecule has 0 aliphatic carbocycles. The number of hydrogen-bond acceptors (Lipinski definition) is 4. The number of rotatable bonds is 3. The fourth-order valence-corrected chi connectivity index (χ4v) is 3.86. The number of ether oxygens (including phenoxy) is 1. The van der Waals surface area contributed by atoms with Crippen LogP contribution in [-0.2, 0) is 9.53 Å². The second kappa shape index (κ2) is 4.82. The van der Waals surface area contributed by atoms with E-state index in [1.165, 1.54) is 6.08 Å². The summed E-state index contributed by atoms with van der Waals surface area (Å²) in [5.74, 6) is 0.830. The Morgan fingerprint density at radius 3 is 3.08 bits per heavy atom. The molecule has 12 heavy (non-hydrogen) atoms. The van der Waals surface area contributed by atoms with Gasteiger partial charge in [0.25, 0.3) is 0 Å². The van der Waals surface area contributed by atoms with Crippen molar-refractivity contribution in [3.63, 3.8) is 0 Å². The second-order valence-corrected chi connectivity index (χ2v) is 5.72. The van der Waals surface area contributed by atoms with Crippen molar-refractivity contribution in [2.45, 2.75) is 16.8 Å². The summed E-state index contributed by atoms with van der Waals surface area (Å²) in [6.45, 7) is 6.02. The summed E-state index contributed by atoms with van der Waals surface area (Å²) in [6, 6.07) is 0. The maximum Gasteiger partial charge on any atom is 0.330 e. The summed E-state index contributed by atoms with van der Waals surface area (Å²) in [6.07, 6.45) is 1.20. The summed E-state index contributed by atoms with van der Waals surface area (Å²) >= 11 is 3.72. The first-order valence-electron chi connectivity index (χ1n) is 3.78. The molecular formula is C8H12O2S2. The number of hydrogen-bond donors (Lipinski definition) is 0. The molecule has 0 aromatic carbocycles. The molecule has 2 nitrogen and oxygen atoms in total. The molecule has 0 amide bonds. The quantitative estimate of drug-likeness (QED) is 0.518. The fourth-order valence-electron chi connectivity index (χ4n) is 0.877. The molecule has 0 aromatic heterocycles. The minimum Gasteiger partial charge on any atom is -0.460 e. The Labute approximate surface area is 81.1 Å². The van der Waals surface area contributed by atoms with Gasteiger partial charge in [0.05, 0.1) is 4.58 Å². The van der Waals surface area contributed by atoms with E-state index in [9.17, 15) is 4.79 Å². The largest absolute Gasteiger partial charge is 0.460 e. The van der Waals surface area contributed by atoms with Gasteiger partial charge in [-0.2, -0.15) is 0 Å². The maximum absolute atomic E-state index is 10.7. The van der Waals surface area contributed by atoms with Crippen molar-refractivity contribution in [2.24, 2.45) is 0 Å². The van der Waals surface area contributed by atoms with Crippen LogP contribution in [0.4, 0.5) is 0 Å². The van der Waals surface area contributed by atoms with Crippen LogP contribution in [0.25, 0.3) is 0 Å². The molecule has 2 unspecified atom stereocenters. The molecule has 4 heteroatoms. The van der Waals surface area contributed by atoms with Gasteiger partial charge in [-0.05, 0) is 0 Å². The zero-order valence-corrected chi connectivity index (χ0v) is 8.62. The van der Waals surface area contributed by atoms with Gasteiger partial charge in [-0.1, -0.05) is 13.5 Å². The maximum atomic E-state index is 10.7. The van der Waals surface area contributed by atoms with E-state index in [2.05, 4.69) is 13.5 Å². The normalized spacial score (nSPS) is 28.4.